The molecule has 1 saturated heterocycles. The van der Waals surface area contributed by atoms with Crippen molar-refractivity contribution < 1.29 is 14.5 Å². The highest BCUT2D eigenvalue weighted by Crippen LogP contribution is 2.42. The molecule has 0 unspecified atom stereocenters. The van der Waals surface area contributed by atoms with Crippen molar-refractivity contribution in [2.45, 2.75) is 39.3 Å². The number of pyridine rings is 1. The van der Waals surface area contributed by atoms with Crippen molar-refractivity contribution in [3.8, 4) is 11.4 Å². The van der Waals surface area contributed by atoms with Gasteiger partial charge in [-0.15, -0.1) is 0 Å². The summed E-state index contributed by atoms with van der Waals surface area (Å²) >= 11 is 5.82. The molecule has 216 valence electrons. The normalized spacial score (nSPS) is 16.3. The number of aromatic nitrogens is 2. The van der Waals surface area contributed by atoms with Gasteiger partial charge in [-0.3, -0.25) is 19.9 Å². The molecule has 2 aromatic carbocycles. The third-order valence-corrected chi connectivity index (χ3v) is 7.95. The van der Waals surface area contributed by atoms with Gasteiger partial charge in [0.25, 0.3) is 5.69 Å². The maximum Gasteiger partial charge on any atom is 0.273 e. The van der Waals surface area contributed by atoms with Crippen molar-refractivity contribution in [2.75, 3.05) is 19.0 Å². The van der Waals surface area contributed by atoms with Crippen molar-refractivity contribution in [3.05, 3.63) is 111 Å². The summed E-state index contributed by atoms with van der Waals surface area (Å²) in [5.41, 5.74) is 6.09. The average molecular weight is 585 g/mol. The lowest BCUT2D eigenvalue weighted by Crippen LogP contribution is -2.33. The maximum atomic E-state index is 13.0. The van der Waals surface area contributed by atoms with E-state index in [4.69, 9.17) is 17.0 Å². The van der Waals surface area contributed by atoms with Crippen LogP contribution in [0.25, 0.3) is 5.69 Å². The van der Waals surface area contributed by atoms with E-state index in [1.807, 2.05) is 72.7 Å². The van der Waals surface area contributed by atoms with Crippen LogP contribution in [0.5, 0.6) is 5.75 Å². The first-order valence-corrected chi connectivity index (χ1v) is 14.0. The number of non-ortho nitro benzene ring substituents is 1. The van der Waals surface area contributed by atoms with Crippen LogP contribution >= 0.6 is 12.2 Å². The number of hydrogen-bond acceptors (Lipinski definition) is 6. The molecule has 0 saturated carbocycles. The number of nitrogens with one attached hydrogen (secondary N) is 2. The lowest BCUT2D eigenvalue weighted by Gasteiger charge is -2.28. The van der Waals surface area contributed by atoms with Crippen LogP contribution in [0.15, 0.2) is 72.9 Å². The molecule has 10 nitrogen and oxygen atoms in total. The molecule has 11 heteroatoms. The van der Waals surface area contributed by atoms with E-state index in [9.17, 15) is 14.9 Å². The van der Waals surface area contributed by atoms with E-state index in [-0.39, 0.29) is 30.1 Å². The predicted octanol–water partition coefficient (Wildman–Crippen LogP) is 5.72. The molecule has 42 heavy (non-hydrogen) atoms. The number of para-hydroxylation sites is 1. The molecule has 0 radical (unpaired) electrons. The van der Waals surface area contributed by atoms with Gasteiger partial charge in [0.1, 0.15) is 5.75 Å². The van der Waals surface area contributed by atoms with E-state index in [0.29, 0.717) is 23.1 Å². The standard InChI is InChI=1S/C31H32N6O4S/c1-19-9-5-6-10-24(19)33-28(38)14-16-35-30(29(34-31(35)42)25-11-7-8-15-32-25)23-17-20(2)36(21(23)3)26-13-12-22(37(39)40)18-27(26)41-4/h5-13,15,17-18,29-30H,14,16H2,1-4H3,(H,33,38)(H,34,42)/t29-,30-/m0/s1. The average Bonchev–Trinajstić information content (AvgIpc) is 3.47. The molecule has 0 spiro atoms. The first-order chi connectivity index (χ1) is 20.2. The highest BCUT2D eigenvalue weighted by molar-refractivity contribution is 7.80. The molecule has 1 fully saturated rings. The Balaban J connectivity index is 1.51. The minimum atomic E-state index is -0.442. The molecule has 5 rings (SSSR count). The van der Waals surface area contributed by atoms with E-state index in [0.717, 1.165) is 33.9 Å². The van der Waals surface area contributed by atoms with Crippen LogP contribution < -0.4 is 15.4 Å². The maximum absolute atomic E-state index is 13.0. The van der Waals surface area contributed by atoms with Gasteiger partial charge >= 0.3 is 0 Å². The van der Waals surface area contributed by atoms with Crippen LogP contribution in [0.4, 0.5) is 11.4 Å². The molecule has 1 aliphatic rings. The quantitative estimate of drug-likeness (QED) is 0.146. The van der Waals surface area contributed by atoms with Crippen LogP contribution in [0, 0.1) is 30.9 Å². The van der Waals surface area contributed by atoms with Gasteiger partial charge in [0, 0.05) is 42.3 Å². The van der Waals surface area contributed by atoms with E-state index in [1.54, 1.807) is 12.3 Å². The molecule has 0 aliphatic carbocycles. The van der Waals surface area contributed by atoms with Gasteiger partial charge in [0.15, 0.2) is 5.11 Å². The largest absolute Gasteiger partial charge is 0.494 e. The fourth-order valence-electron chi connectivity index (χ4n) is 5.56. The van der Waals surface area contributed by atoms with Gasteiger partial charge in [0.2, 0.25) is 5.91 Å². The second-order valence-electron chi connectivity index (χ2n) is 10.2. The van der Waals surface area contributed by atoms with Gasteiger partial charge < -0.3 is 24.8 Å². The zero-order chi connectivity index (χ0) is 30.0. The Morgan fingerprint density at radius 3 is 2.57 bits per heavy atom. The third-order valence-electron chi connectivity index (χ3n) is 7.60. The number of carbonyl (C=O) groups is 1. The Morgan fingerprint density at radius 2 is 1.88 bits per heavy atom. The molecule has 2 N–H and O–H groups in total. The number of rotatable bonds is 9. The summed E-state index contributed by atoms with van der Waals surface area (Å²) in [6.07, 6.45) is 1.98. The number of hydrogen-bond donors (Lipinski definition) is 2. The van der Waals surface area contributed by atoms with Crippen molar-refractivity contribution in [1.29, 1.82) is 0 Å². The van der Waals surface area contributed by atoms with Crippen LogP contribution in [0.3, 0.4) is 0 Å². The number of benzene rings is 2. The summed E-state index contributed by atoms with van der Waals surface area (Å²) in [5.74, 6) is 0.289. The number of nitrogens with zero attached hydrogens (tertiary/aromatic N) is 4. The number of ether oxygens (including phenoxy) is 1. The predicted molar refractivity (Wildman–Crippen MR) is 165 cm³/mol. The summed E-state index contributed by atoms with van der Waals surface area (Å²) in [6.45, 7) is 6.33. The number of amides is 1. The number of carbonyl (C=O) groups excluding carboxylic acids is 1. The van der Waals surface area contributed by atoms with Crippen molar-refractivity contribution in [3.63, 3.8) is 0 Å². The van der Waals surface area contributed by atoms with E-state index >= 15 is 0 Å². The summed E-state index contributed by atoms with van der Waals surface area (Å²) in [7, 11) is 1.50. The number of thiocarbonyl (C=S) groups is 1. The smallest absolute Gasteiger partial charge is 0.273 e. The Kier molecular flexibility index (Phi) is 8.21. The summed E-state index contributed by atoms with van der Waals surface area (Å²) in [4.78, 5) is 30.6. The van der Waals surface area contributed by atoms with Crippen LogP contribution in [-0.4, -0.2) is 44.0 Å². The van der Waals surface area contributed by atoms with Crippen molar-refractivity contribution in [2.24, 2.45) is 0 Å². The number of methoxy groups -OCH3 is 1. The SMILES string of the molecule is COc1cc([N+](=O)[O-])ccc1-n1c(C)cc([C@H]2[C@H](c3ccccn3)NC(=S)N2CCC(=O)Nc2ccccc2C)c1C. The molecule has 0 bridgehead atoms. The summed E-state index contributed by atoms with van der Waals surface area (Å²) in [5, 5.41) is 18.4. The number of anilines is 1. The summed E-state index contributed by atoms with van der Waals surface area (Å²) < 4.78 is 7.59. The van der Waals surface area contributed by atoms with Crippen molar-refractivity contribution >= 4 is 34.6 Å². The second kappa shape index (κ2) is 12.0. The molecule has 3 heterocycles. The fourth-order valence-corrected chi connectivity index (χ4v) is 5.89. The minimum Gasteiger partial charge on any atom is -0.494 e. The van der Waals surface area contributed by atoms with Crippen molar-refractivity contribution in [1.82, 2.24) is 19.8 Å². The molecule has 2 atom stereocenters. The van der Waals surface area contributed by atoms with Crippen LogP contribution in [0.1, 0.15) is 46.7 Å². The second-order valence-corrected chi connectivity index (χ2v) is 10.6. The van der Waals surface area contributed by atoms with Gasteiger partial charge in [0.05, 0.1) is 41.6 Å². The first-order valence-electron chi connectivity index (χ1n) is 13.5. The van der Waals surface area contributed by atoms with Crippen LogP contribution in [-0.2, 0) is 4.79 Å². The monoisotopic (exact) mass is 584 g/mol. The van der Waals surface area contributed by atoms with E-state index in [2.05, 4.69) is 21.7 Å². The number of nitro groups is 1. The van der Waals surface area contributed by atoms with Crippen LogP contribution in [0.2, 0.25) is 0 Å². The van der Waals surface area contributed by atoms with E-state index in [1.165, 1.54) is 19.2 Å². The highest BCUT2D eigenvalue weighted by Gasteiger charge is 2.41. The lowest BCUT2D eigenvalue weighted by atomic mass is 9.96. The molecule has 4 aromatic rings. The van der Waals surface area contributed by atoms with Gasteiger partial charge in [-0.2, -0.15) is 0 Å². The summed E-state index contributed by atoms with van der Waals surface area (Å²) in [6, 6.07) is 19.6. The lowest BCUT2D eigenvalue weighted by molar-refractivity contribution is -0.384. The Bertz CT molecular complexity index is 1650. The molecular weight excluding hydrogens is 552 g/mol. The molecule has 2 aromatic heterocycles. The van der Waals surface area contributed by atoms with E-state index < -0.39 is 4.92 Å². The Hall–Kier alpha value is -4.77. The third kappa shape index (κ3) is 5.55. The zero-order valence-electron chi connectivity index (χ0n) is 23.8. The van der Waals surface area contributed by atoms with Gasteiger partial charge in [-0.05, 0) is 74.4 Å². The number of nitro benzene ring substituents is 1. The molecule has 1 amide bonds. The zero-order valence-corrected chi connectivity index (χ0v) is 24.6. The van der Waals surface area contributed by atoms with Gasteiger partial charge in [-0.25, -0.2) is 0 Å². The Morgan fingerprint density at radius 1 is 1.12 bits per heavy atom. The minimum absolute atomic E-state index is 0.0472. The fraction of sp³-hybridized carbons (Fsp3) is 0.258. The number of aryl methyl sites for hydroxylation is 2. The highest BCUT2D eigenvalue weighted by atomic mass is 32.1. The topological polar surface area (TPSA) is 115 Å². The molecular formula is C31H32N6O4S. The van der Waals surface area contributed by atoms with Gasteiger partial charge in [-0.1, -0.05) is 24.3 Å². The Labute approximate surface area is 249 Å². The molecule has 1 aliphatic heterocycles. The first kappa shape index (κ1) is 28.7.